The molecule has 0 aromatic heterocycles. The van der Waals surface area contributed by atoms with E-state index in [1.165, 1.54) is 0 Å². The summed E-state index contributed by atoms with van der Waals surface area (Å²) in [4.78, 5) is 0. The topological polar surface area (TPSA) is 161 Å². The second-order valence-electron chi connectivity index (χ2n) is 16.0. The van der Waals surface area contributed by atoms with Crippen LogP contribution in [0.15, 0.2) is 18.2 Å². The number of rotatable bonds is 14. The van der Waals surface area contributed by atoms with E-state index < -0.39 is 28.1 Å². The molecule has 5 atom stereocenters. The van der Waals surface area contributed by atoms with Gasteiger partial charge >= 0.3 is 0 Å². The Hall–Kier alpha value is -3.69. The van der Waals surface area contributed by atoms with Gasteiger partial charge in [-0.2, -0.15) is 0 Å². The summed E-state index contributed by atoms with van der Waals surface area (Å²) in [6.45, 7) is 9.87. The molecule has 0 fully saturated rings. The van der Waals surface area contributed by atoms with Crippen molar-refractivity contribution in [2.45, 2.75) is 101 Å². The summed E-state index contributed by atoms with van der Waals surface area (Å²) in [7, 11) is 9.66. The quantitative estimate of drug-likeness (QED) is 0.198. The fourth-order valence-corrected chi connectivity index (χ4v) is 9.57. The van der Waals surface area contributed by atoms with Gasteiger partial charge in [-0.15, -0.1) is 0 Å². The van der Waals surface area contributed by atoms with Gasteiger partial charge in [0.15, 0.2) is 0 Å². The van der Waals surface area contributed by atoms with E-state index in [2.05, 4.69) is 0 Å². The fourth-order valence-electron chi connectivity index (χ4n) is 9.57. The summed E-state index contributed by atoms with van der Waals surface area (Å²) in [6.07, 6.45) is 0.944. The zero-order chi connectivity index (χ0) is 40.8. The van der Waals surface area contributed by atoms with Crippen LogP contribution >= 0.6 is 0 Å². The molecule has 56 heavy (non-hydrogen) atoms. The summed E-state index contributed by atoms with van der Waals surface area (Å²) < 4.78 is 70.9. The van der Waals surface area contributed by atoms with Crippen molar-refractivity contribution < 1.29 is 47.0 Å². The molecule has 3 aliphatic heterocycles. The number of halogens is 1. The lowest BCUT2D eigenvalue weighted by molar-refractivity contribution is -0.0318. The van der Waals surface area contributed by atoms with E-state index >= 15 is 4.39 Å². The standard InChI is InChI=1S/C43H60FN3O9/c1-40(45,20-24-17-33(48-5)25-11-14-54-21-29(25)36(24)44)41(2,32-19-35(50-7)27-13-16-56-23-31(27)38(32)52-9)43(4,47)42(3,46)39(53-10)28-18-34(49-6)26-12-15-55-22-30(26)37(28)51-8/h17-19,39H,11-16,20-23,45-47H2,1-10H3. The lowest BCUT2D eigenvalue weighted by atomic mass is 9.49. The highest BCUT2D eigenvalue weighted by Crippen LogP contribution is 2.56. The highest BCUT2D eigenvalue weighted by Gasteiger charge is 2.64. The Morgan fingerprint density at radius 2 is 1.09 bits per heavy atom. The molecule has 0 bridgehead atoms. The Morgan fingerprint density at radius 1 is 0.625 bits per heavy atom. The molecular weight excluding hydrogens is 721 g/mol. The highest BCUT2D eigenvalue weighted by molar-refractivity contribution is 5.61. The van der Waals surface area contributed by atoms with E-state index in [-0.39, 0.29) is 25.5 Å². The zero-order valence-electron chi connectivity index (χ0n) is 34.7. The van der Waals surface area contributed by atoms with Crippen LogP contribution in [0.2, 0.25) is 0 Å². The van der Waals surface area contributed by atoms with E-state index in [1.54, 1.807) is 48.7 Å². The van der Waals surface area contributed by atoms with Gasteiger partial charge in [0.05, 0.1) is 80.7 Å². The second-order valence-corrected chi connectivity index (χ2v) is 16.0. The van der Waals surface area contributed by atoms with Gasteiger partial charge in [-0.05, 0) is 70.2 Å². The van der Waals surface area contributed by atoms with E-state index in [4.69, 9.17) is 59.8 Å². The minimum Gasteiger partial charge on any atom is -0.496 e. The van der Waals surface area contributed by atoms with Crippen LogP contribution in [-0.2, 0) is 69.9 Å². The molecule has 12 nitrogen and oxygen atoms in total. The summed E-state index contributed by atoms with van der Waals surface area (Å²) >= 11 is 0. The predicted molar refractivity (Wildman–Crippen MR) is 211 cm³/mol. The van der Waals surface area contributed by atoms with E-state index in [0.717, 1.165) is 27.8 Å². The number of methoxy groups -OCH3 is 6. The van der Waals surface area contributed by atoms with Crippen molar-refractivity contribution in [2.75, 3.05) is 62.5 Å². The molecule has 5 unspecified atom stereocenters. The summed E-state index contributed by atoms with van der Waals surface area (Å²) in [6, 6.07) is 5.59. The first-order valence-electron chi connectivity index (χ1n) is 19.1. The number of benzene rings is 3. The maximum Gasteiger partial charge on any atom is 0.132 e. The molecule has 3 aromatic carbocycles. The molecule has 0 amide bonds. The van der Waals surface area contributed by atoms with Crippen molar-refractivity contribution in [3.8, 4) is 28.7 Å². The summed E-state index contributed by atoms with van der Waals surface area (Å²) in [5, 5.41) is 0. The van der Waals surface area contributed by atoms with Crippen molar-refractivity contribution in [1.82, 2.24) is 0 Å². The van der Waals surface area contributed by atoms with Gasteiger partial charge < -0.3 is 59.8 Å². The molecular formula is C43H60FN3O9. The Labute approximate surface area is 330 Å². The van der Waals surface area contributed by atoms with Crippen molar-refractivity contribution in [3.63, 3.8) is 0 Å². The third kappa shape index (κ3) is 6.49. The average Bonchev–Trinajstić information content (AvgIpc) is 3.20. The smallest absolute Gasteiger partial charge is 0.132 e. The Balaban J connectivity index is 1.62. The van der Waals surface area contributed by atoms with Gasteiger partial charge in [0.25, 0.3) is 0 Å². The minimum absolute atomic E-state index is 0.0197. The Morgan fingerprint density at radius 3 is 1.59 bits per heavy atom. The van der Waals surface area contributed by atoms with Crippen molar-refractivity contribution >= 4 is 0 Å². The van der Waals surface area contributed by atoms with Crippen molar-refractivity contribution in [3.05, 3.63) is 74.1 Å². The van der Waals surface area contributed by atoms with Crippen LogP contribution in [0.5, 0.6) is 28.7 Å². The molecule has 3 aliphatic rings. The van der Waals surface area contributed by atoms with Gasteiger partial charge in [-0.1, -0.05) is 6.92 Å². The number of hydrogen-bond donors (Lipinski definition) is 3. The Bertz CT molecular complexity index is 1950. The SMILES string of the molecule is COc1cc(CC(C)(N)C(C)(c2cc(OC)c3c(c2OC)COCC3)C(C)(N)C(C)(N)C(OC)c2cc(OC)c3c(c2OC)COCC3)c(F)c2c1CCOC2. The van der Waals surface area contributed by atoms with Gasteiger partial charge in [-0.3, -0.25) is 0 Å². The van der Waals surface area contributed by atoms with Crippen LogP contribution in [0, 0.1) is 5.82 Å². The zero-order valence-corrected chi connectivity index (χ0v) is 34.7. The number of fused-ring (bicyclic) bond motifs is 3. The average molecular weight is 782 g/mol. The van der Waals surface area contributed by atoms with Crippen molar-refractivity contribution in [2.24, 2.45) is 17.2 Å². The molecule has 6 rings (SSSR count). The number of nitrogens with two attached hydrogens (primary N) is 3. The molecule has 308 valence electrons. The predicted octanol–water partition coefficient (Wildman–Crippen LogP) is 5.13. The number of ether oxygens (including phenoxy) is 9. The van der Waals surface area contributed by atoms with Gasteiger partial charge in [0, 0.05) is 68.1 Å². The van der Waals surface area contributed by atoms with Crippen LogP contribution in [0.25, 0.3) is 0 Å². The summed E-state index contributed by atoms with van der Waals surface area (Å²) in [5.74, 6) is 2.62. The number of hydrogen-bond acceptors (Lipinski definition) is 12. The first-order chi connectivity index (χ1) is 26.6. The van der Waals surface area contributed by atoms with Crippen molar-refractivity contribution in [1.29, 1.82) is 0 Å². The van der Waals surface area contributed by atoms with E-state index in [0.29, 0.717) is 96.7 Å². The normalized spacial score (nSPS) is 20.1. The molecule has 0 aliphatic carbocycles. The molecule has 0 radical (unpaired) electrons. The molecule has 0 saturated heterocycles. The third-order valence-corrected chi connectivity index (χ3v) is 13.2. The molecule has 13 heteroatoms. The fraction of sp³-hybridized carbons (Fsp3) is 0.581. The molecule has 0 saturated carbocycles. The van der Waals surface area contributed by atoms with Crippen LogP contribution in [0.3, 0.4) is 0 Å². The maximum absolute atomic E-state index is 16.7. The van der Waals surface area contributed by atoms with E-state index in [9.17, 15) is 0 Å². The lowest BCUT2D eigenvalue weighted by Crippen LogP contribution is -2.80. The molecule has 3 aromatic rings. The largest absolute Gasteiger partial charge is 0.496 e. The maximum atomic E-state index is 16.7. The molecule has 0 spiro atoms. The first-order valence-corrected chi connectivity index (χ1v) is 19.1. The van der Waals surface area contributed by atoms with Crippen LogP contribution in [-0.4, -0.2) is 79.1 Å². The van der Waals surface area contributed by atoms with Crippen LogP contribution < -0.4 is 40.9 Å². The van der Waals surface area contributed by atoms with Crippen LogP contribution in [0.4, 0.5) is 4.39 Å². The monoisotopic (exact) mass is 781 g/mol. The van der Waals surface area contributed by atoms with Gasteiger partial charge in [-0.25, -0.2) is 4.39 Å². The summed E-state index contributed by atoms with van der Waals surface area (Å²) in [5.41, 5.74) is 24.2. The molecule has 3 heterocycles. The second kappa shape index (κ2) is 15.9. The van der Waals surface area contributed by atoms with Gasteiger partial charge in [0.2, 0.25) is 0 Å². The minimum atomic E-state index is -1.51. The van der Waals surface area contributed by atoms with E-state index in [1.807, 2.05) is 39.8 Å². The lowest BCUT2D eigenvalue weighted by Gasteiger charge is -2.61. The Kier molecular flexibility index (Phi) is 11.9. The van der Waals surface area contributed by atoms with Gasteiger partial charge in [0.1, 0.15) is 40.7 Å². The third-order valence-electron chi connectivity index (χ3n) is 13.2. The highest BCUT2D eigenvalue weighted by atomic mass is 19.1. The van der Waals surface area contributed by atoms with Crippen LogP contribution in [0.1, 0.15) is 83.9 Å². The molecule has 6 N–H and O–H groups in total. The first kappa shape index (κ1) is 41.9.